The fraction of sp³-hybridized carbons (Fsp3) is 0.200. The van der Waals surface area contributed by atoms with Crippen LogP contribution in [0.4, 0.5) is 0 Å². The third-order valence-electron chi connectivity index (χ3n) is 3.23. The quantitative estimate of drug-likeness (QED) is 0.617. The van der Waals surface area contributed by atoms with Crippen LogP contribution in [-0.4, -0.2) is 16.0 Å². The number of hydrogen-bond acceptors (Lipinski definition) is 4. The van der Waals surface area contributed by atoms with Gasteiger partial charge in [-0.15, -0.1) is 0 Å². The Balaban J connectivity index is 2.27. The number of benzene rings is 2. The van der Waals surface area contributed by atoms with E-state index in [0.717, 1.165) is 0 Å². The first-order valence-corrected chi connectivity index (χ1v) is 6.09. The van der Waals surface area contributed by atoms with Crippen molar-refractivity contribution in [3.05, 3.63) is 71.8 Å². The summed E-state index contributed by atoms with van der Waals surface area (Å²) in [6, 6.07) is 15.8. The SMILES string of the molecule is N[C@@H](c1ccccc1)C(O)(O)[C@@H](N)c1ccccc1. The summed E-state index contributed by atoms with van der Waals surface area (Å²) in [6.07, 6.45) is 0. The second kappa shape index (κ2) is 5.50. The molecule has 4 heteroatoms. The Morgan fingerprint density at radius 2 is 1.00 bits per heavy atom. The molecule has 0 saturated carbocycles. The summed E-state index contributed by atoms with van der Waals surface area (Å²) in [7, 11) is 0. The molecule has 0 aliphatic heterocycles. The van der Waals surface area contributed by atoms with E-state index in [4.69, 9.17) is 11.5 Å². The van der Waals surface area contributed by atoms with Crippen LogP contribution >= 0.6 is 0 Å². The van der Waals surface area contributed by atoms with E-state index >= 15 is 0 Å². The van der Waals surface area contributed by atoms with Gasteiger partial charge in [0, 0.05) is 0 Å². The van der Waals surface area contributed by atoms with Gasteiger partial charge < -0.3 is 21.7 Å². The van der Waals surface area contributed by atoms with Gasteiger partial charge in [-0.25, -0.2) is 0 Å². The summed E-state index contributed by atoms with van der Waals surface area (Å²) < 4.78 is 0. The van der Waals surface area contributed by atoms with Crippen molar-refractivity contribution in [3.63, 3.8) is 0 Å². The van der Waals surface area contributed by atoms with Crippen LogP contribution < -0.4 is 11.5 Å². The average molecular weight is 258 g/mol. The van der Waals surface area contributed by atoms with Gasteiger partial charge in [0.15, 0.2) is 0 Å². The molecule has 2 aromatic rings. The fourth-order valence-corrected chi connectivity index (χ4v) is 2.00. The summed E-state index contributed by atoms with van der Waals surface area (Å²) >= 11 is 0. The Morgan fingerprint density at radius 1 is 0.684 bits per heavy atom. The molecule has 0 saturated heterocycles. The van der Waals surface area contributed by atoms with Crippen LogP contribution in [0.1, 0.15) is 23.2 Å². The Bertz CT molecular complexity index is 467. The van der Waals surface area contributed by atoms with Crippen molar-refractivity contribution in [2.45, 2.75) is 17.9 Å². The minimum atomic E-state index is -2.22. The third-order valence-corrected chi connectivity index (χ3v) is 3.23. The van der Waals surface area contributed by atoms with Crippen molar-refractivity contribution >= 4 is 0 Å². The molecule has 0 radical (unpaired) electrons. The minimum Gasteiger partial charge on any atom is -0.363 e. The van der Waals surface area contributed by atoms with Crippen LogP contribution in [0.5, 0.6) is 0 Å². The molecular formula is C15H18N2O2. The van der Waals surface area contributed by atoms with E-state index in [-0.39, 0.29) is 0 Å². The molecule has 19 heavy (non-hydrogen) atoms. The lowest BCUT2D eigenvalue weighted by Gasteiger charge is -2.34. The summed E-state index contributed by atoms with van der Waals surface area (Å²) in [5, 5.41) is 20.5. The molecule has 0 amide bonds. The van der Waals surface area contributed by atoms with Gasteiger partial charge in [-0.1, -0.05) is 60.7 Å². The second-order valence-corrected chi connectivity index (χ2v) is 4.56. The Morgan fingerprint density at radius 3 is 1.32 bits per heavy atom. The summed E-state index contributed by atoms with van der Waals surface area (Å²) in [5.74, 6) is -2.22. The summed E-state index contributed by atoms with van der Waals surface area (Å²) in [5.41, 5.74) is 13.1. The molecule has 0 aliphatic rings. The highest BCUT2D eigenvalue weighted by molar-refractivity contribution is 5.26. The van der Waals surface area contributed by atoms with Crippen molar-refractivity contribution in [2.24, 2.45) is 11.5 Å². The molecule has 2 rings (SSSR count). The van der Waals surface area contributed by atoms with Gasteiger partial charge in [0.1, 0.15) is 0 Å². The predicted molar refractivity (Wildman–Crippen MR) is 73.9 cm³/mol. The van der Waals surface area contributed by atoms with Crippen molar-refractivity contribution in [1.82, 2.24) is 0 Å². The van der Waals surface area contributed by atoms with Crippen LogP contribution in [-0.2, 0) is 0 Å². The zero-order valence-corrected chi connectivity index (χ0v) is 10.5. The predicted octanol–water partition coefficient (Wildman–Crippen LogP) is 1.07. The van der Waals surface area contributed by atoms with E-state index in [1.165, 1.54) is 0 Å². The molecule has 2 atom stereocenters. The molecule has 0 aromatic heterocycles. The van der Waals surface area contributed by atoms with E-state index in [0.29, 0.717) is 11.1 Å². The smallest absolute Gasteiger partial charge is 0.202 e. The van der Waals surface area contributed by atoms with Crippen molar-refractivity contribution in [3.8, 4) is 0 Å². The maximum atomic E-state index is 10.3. The Hall–Kier alpha value is -1.72. The lowest BCUT2D eigenvalue weighted by molar-refractivity contribution is -0.195. The highest BCUT2D eigenvalue weighted by Crippen LogP contribution is 2.31. The van der Waals surface area contributed by atoms with E-state index in [1.807, 2.05) is 12.1 Å². The van der Waals surface area contributed by atoms with Gasteiger partial charge in [0.2, 0.25) is 5.79 Å². The Labute approximate surface area is 112 Å². The van der Waals surface area contributed by atoms with E-state index < -0.39 is 17.9 Å². The Kier molecular flexibility index (Phi) is 3.97. The number of nitrogens with two attached hydrogens (primary N) is 2. The number of rotatable bonds is 4. The van der Waals surface area contributed by atoms with Gasteiger partial charge >= 0.3 is 0 Å². The molecule has 0 aliphatic carbocycles. The highest BCUT2D eigenvalue weighted by atomic mass is 16.5. The van der Waals surface area contributed by atoms with E-state index in [2.05, 4.69) is 0 Å². The monoisotopic (exact) mass is 258 g/mol. The highest BCUT2D eigenvalue weighted by Gasteiger charge is 2.40. The van der Waals surface area contributed by atoms with Crippen LogP contribution in [0.15, 0.2) is 60.7 Å². The molecule has 100 valence electrons. The zero-order chi connectivity index (χ0) is 13.9. The molecule has 0 unspecified atom stereocenters. The molecule has 0 spiro atoms. The number of aliphatic hydroxyl groups is 2. The van der Waals surface area contributed by atoms with Gasteiger partial charge in [-0.05, 0) is 11.1 Å². The lowest BCUT2D eigenvalue weighted by atomic mass is 9.89. The average Bonchev–Trinajstić information content (AvgIpc) is 2.47. The van der Waals surface area contributed by atoms with E-state index in [9.17, 15) is 10.2 Å². The lowest BCUT2D eigenvalue weighted by Crippen LogP contribution is -2.49. The molecule has 6 N–H and O–H groups in total. The van der Waals surface area contributed by atoms with Gasteiger partial charge in [0.05, 0.1) is 12.1 Å². The van der Waals surface area contributed by atoms with Crippen molar-refractivity contribution in [2.75, 3.05) is 0 Å². The number of hydrogen-bond donors (Lipinski definition) is 4. The molecule has 0 heterocycles. The standard InChI is InChI=1S/C15H18N2O2/c16-13(11-7-3-1-4-8-11)15(18,19)14(17)12-9-5-2-6-10-12/h1-10,13-14,18-19H,16-17H2/t13-,14-/m0/s1. The molecule has 0 fully saturated rings. The minimum absolute atomic E-state index is 0.624. The largest absolute Gasteiger partial charge is 0.363 e. The molecule has 4 nitrogen and oxygen atoms in total. The zero-order valence-electron chi connectivity index (χ0n) is 10.5. The van der Waals surface area contributed by atoms with Crippen LogP contribution in [0.3, 0.4) is 0 Å². The summed E-state index contributed by atoms with van der Waals surface area (Å²) in [4.78, 5) is 0. The van der Waals surface area contributed by atoms with Crippen molar-refractivity contribution < 1.29 is 10.2 Å². The van der Waals surface area contributed by atoms with Crippen LogP contribution in [0.2, 0.25) is 0 Å². The van der Waals surface area contributed by atoms with Gasteiger partial charge in [0.25, 0.3) is 0 Å². The maximum absolute atomic E-state index is 10.3. The van der Waals surface area contributed by atoms with Crippen LogP contribution in [0.25, 0.3) is 0 Å². The topological polar surface area (TPSA) is 92.5 Å². The maximum Gasteiger partial charge on any atom is 0.202 e. The first-order chi connectivity index (χ1) is 9.03. The molecule has 0 bridgehead atoms. The molecule has 2 aromatic carbocycles. The van der Waals surface area contributed by atoms with Gasteiger partial charge in [-0.3, -0.25) is 0 Å². The van der Waals surface area contributed by atoms with E-state index in [1.54, 1.807) is 48.5 Å². The normalized spacial score (nSPS) is 14.9. The third kappa shape index (κ3) is 2.83. The first kappa shape index (κ1) is 13.7. The second-order valence-electron chi connectivity index (χ2n) is 4.56. The first-order valence-electron chi connectivity index (χ1n) is 6.09. The fourth-order valence-electron chi connectivity index (χ4n) is 2.00. The van der Waals surface area contributed by atoms with Gasteiger partial charge in [-0.2, -0.15) is 0 Å². The van der Waals surface area contributed by atoms with Crippen LogP contribution in [0, 0.1) is 0 Å². The molecular weight excluding hydrogens is 240 g/mol. The van der Waals surface area contributed by atoms with Crippen molar-refractivity contribution in [1.29, 1.82) is 0 Å². The summed E-state index contributed by atoms with van der Waals surface area (Å²) in [6.45, 7) is 0.